The van der Waals surface area contributed by atoms with Gasteiger partial charge in [-0.2, -0.15) is 0 Å². The van der Waals surface area contributed by atoms with Crippen LogP contribution in [0.4, 0.5) is 0 Å². The van der Waals surface area contributed by atoms with Gasteiger partial charge in [0.1, 0.15) is 0 Å². The number of benzene rings is 1. The number of aromatic nitrogens is 1. The third kappa shape index (κ3) is 1.64. The third-order valence-corrected chi connectivity index (χ3v) is 2.35. The van der Waals surface area contributed by atoms with E-state index >= 15 is 0 Å². The Balaban J connectivity index is 2.59. The second-order valence-electron chi connectivity index (χ2n) is 3.39. The predicted octanol–water partition coefficient (Wildman–Crippen LogP) is 2.69. The molecule has 0 saturated heterocycles. The highest BCUT2D eigenvalue weighted by Gasteiger charge is 2.15. The lowest BCUT2D eigenvalue weighted by Gasteiger charge is -2.00. The predicted molar refractivity (Wildman–Crippen MR) is 57.9 cm³/mol. The highest BCUT2D eigenvalue weighted by molar-refractivity contribution is 5.96. The van der Waals surface area contributed by atoms with Crippen molar-refractivity contribution in [3.8, 4) is 11.3 Å². The van der Waals surface area contributed by atoms with Crippen molar-refractivity contribution < 1.29 is 9.90 Å². The first kappa shape index (κ1) is 9.52. The summed E-state index contributed by atoms with van der Waals surface area (Å²) in [6.07, 6.45) is 1.71. The molecule has 2 rings (SSSR count). The van der Waals surface area contributed by atoms with Crippen molar-refractivity contribution in [1.29, 1.82) is 0 Å². The zero-order chi connectivity index (χ0) is 10.8. The zero-order valence-electron chi connectivity index (χ0n) is 8.32. The molecular weight excluding hydrogens is 190 g/mol. The normalized spacial score (nSPS) is 10.2. The van der Waals surface area contributed by atoms with Gasteiger partial charge in [-0.1, -0.05) is 30.3 Å². The van der Waals surface area contributed by atoms with Gasteiger partial charge in [0, 0.05) is 6.20 Å². The van der Waals surface area contributed by atoms with Gasteiger partial charge in [0.05, 0.1) is 11.3 Å². The number of aromatic amines is 1. The summed E-state index contributed by atoms with van der Waals surface area (Å²) in [5.74, 6) is -0.896. The Kier molecular flexibility index (Phi) is 2.29. The minimum absolute atomic E-state index is 0.348. The molecule has 0 atom stereocenters. The molecule has 0 saturated carbocycles. The molecule has 0 amide bonds. The van der Waals surface area contributed by atoms with Crippen molar-refractivity contribution in [2.75, 3.05) is 0 Å². The Morgan fingerprint density at radius 1 is 1.27 bits per heavy atom. The SMILES string of the molecule is Cc1c[nH]c(-c2ccccc2)c1C(=O)O. The molecule has 0 radical (unpaired) electrons. The third-order valence-electron chi connectivity index (χ3n) is 2.35. The maximum atomic E-state index is 11.1. The van der Waals surface area contributed by atoms with Crippen LogP contribution in [-0.2, 0) is 0 Å². The number of rotatable bonds is 2. The van der Waals surface area contributed by atoms with E-state index in [9.17, 15) is 4.79 Å². The molecule has 0 bridgehead atoms. The summed E-state index contributed by atoms with van der Waals surface area (Å²) in [5.41, 5.74) is 2.66. The van der Waals surface area contributed by atoms with Crippen LogP contribution in [0.1, 0.15) is 15.9 Å². The second kappa shape index (κ2) is 3.61. The molecule has 0 fully saturated rings. The van der Waals surface area contributed by atoms with Crippen molar-refractivity contribution in [3.05, 3.63) is 47.7 Å². The average molecular weight is 201 g/mol. The molecule has 0 spiro atoms. The van der Waals surface area contributed by atoms with Crippen LogP contribution >= 0.6 is 0 Å². The fourth-order valence-corrected chi connectivity index (χ4v) is 1.63. The molecule has 0 unspecified atom stereocenters. The van der Waals surface area contributed by atoms with Gasteiger partial charge in [0.2, 0.25) is 0 Å². The summed E-state index contributed by atoms with van der Waals surface area (Å²) >= 11 is 0. The molecule has 15 heavy (non-hydrogen) atoms. The number of hydrogen-bond donors (Lipinski definition) is 2. The van der Waals surface area contributed by atoms with Crippen molar-refractivity contribution >= 4 is 5.97 Å². The molecular formula is C12H11NO2. The molecule has 0 aliphatic carbocycles. The largest absolute Gasteiger partial charge is 0.478 e. The Morgan fingerprint density at radius 2 is 1.93 bits per heavy atom. The summed E-state index contributed by atoms with van der Waals surface area (Å²) < 4.78 is 0. The highest BCUT2D eigenvalue weighted by Crippen LogP contribution is 2.24. The van der Waals surface area contributed by atoms with E-state index in [0.29, 0.717) is 11.3 Å². The Hall–Kier alpha value is -2.03. The summed E-state index contributed by atoms with van der Waals surface area (Å²) in [4.78, 5) is 14.0. The van der Waals surface area contributed by atoms with E-state index in [4.69, 9.17) is 5.11 Å². The molecule has 0 aliphatic heterocycles. The van der Waals surface area contributed by atoms with Gasteiger partial charge >= 0.3 is 5.97 Å². The average Bonchev–Trinajstić information content (AvgIpc) is 2.61. The van der Waals surface area contributed by atoms with Crippen LogP contribution in [0.3, 0.4) is 0 Å². The van der Waals surface area contributed by atoms with E-state index in [2.05, 4.69) is 4.98 Å². The molecule has 1 aromatic carbocycles. The van der Waals surface area contributed by atoms with Gasteiger partial charge in [-0.05, 0) is 18.1 Å². The van der Waals surface area contributed by atoms with E-state index in [0.717, 1.165) is 11.1 Å². The lowest BCUT2D eigenvalue weighted by molar-refractivity contribution is 0.0697. The molecule has 2 N–H and O–H groups in total. The van der Waals surface area contributed by atoms with Crippen LogP contribution in [0, 0.1) is 6.92 Å². The van der Waals surface area contributed by atoms with Gasteiger partial charge in [-0.3, -0.25) is 0 Å². The van der Waals surface area contributed by atoms with Crippen LogP contribution in [0.5, 0.6) is 0 Å². The van der Waals surface area contributed by atoms with E-state index in [-0.39, 0.29) is 0 Å². The zero-order valence-corrected chi connectivity index (χ0v) is 8.32. The minimum Gasteiger partial charge on any atom is -0.478 e. The topological polar surface area (TPSA) is 53.1 Å². The fraction of sp³-hybridized carbons (Fsp3) is 0.0833. The first-order valence-electron chi connectivity index (χ1n) is 4.67. The standard InChI is InChI=1S/C12H11NO2/c1-8-7-13-11(10(8)12(14)15)9-5-3-2-4-6-9/h2-7,13H,1H3,(H,14,15). The molecule has 1 aromatic heterocycles. The molecule has 3 heteroatoms. The number of aryl methyl sites for hydroxylation is 1. The van der Waals surface area contributed by atoms with Gasteiger partial charge in [-0.25, -0.2) is 4.79 Å². The van der Waals surface area contributed by atoms with E-state index in [1.165, 1.54) is 0 Å². The first-order valence-corrected chi connectivity index (χ1v) is 4.67. The number of carbonyl (C=O) groups is 1. The highest BCUT2D eigenvalue weighted by atomic mass is 16.4. The van der Waals surface area contributed by atoms with E-state index < -0.39 is 5.97 Å². The van der Waals surface area contributed by atoms with Crippen molar-refractivity contribution in [1.82, 2.24) is 4.98 Å². The van der Waals surface area contributed by atoms with Crippen molar-refractivity contribution in [2.45, 2.75) is 6.92 Å². The lowest BCUT2D eigenvalue weighted by atomic mass is 10.1. The minimum atomic E-state index is -0.896. The van der Waals surface area contributed by atoms with Gasteiger partial charge in [-0.15, -0.1) is 0 Å². The van der Waals surface area contributed by atoms with Crippen molar-refractivity contribution in [2.24, 2.45) is 0 Å². The Bertz CT molecular complexity index is 486. The smallest absolute Gasteiger partial charge is 0.338 e. The van der Waals surface area contributed by atoms with E-state index in [1.54, 1.807) is 13.1 Å². The molecule has 1 heterocycles. The Morgan fingerprint density at radius 3 is 2.53 bits per heavy atom. The van der Waals surface area contributed by atoms with Gasteiger partial charge in [0.15, 0.2) is 0 Å². The van der Waals surface area contributed by atoms with Crippen LogP contribution in [0.15, 0.2) is 36.5 Å². The first-order chi connectivity index (χ1) is 7.20. The molecule has 3 nitrogen and oxygen atoms in total. The molecule has 76 valence electrons. The number of carboxylic acid groups (broad SMARTS) is 1. The molecule has 0 aliphatic rings. The lowest BCUT2D eigenvalue weighted by Crippen LogP contribution is -1.98. The maximum absolute atomic E-state index is 11.1. The Labute approximate surface area is 87.4 Å². The molecule has 2 aromatic rings. The van der Waals surface area contributed by atoms with E-state index in [1.807, 2.05) is 30.3 Å². The number of nitrogens with one attached hydrogen (secondary N) is 1. The van der Waals surface area contributed by atoms with Crippen LogP contribution < -0.4 is 0 Å². The summed E-state index contributed by atoms with van der Waals surface area (Å²) in [6, 6.07) is 9.45. The van der Waals surface area contributed by atoms with Crippen LogP contribution in [0.2, 0.25) is 0 Å². The monoisotopic (exact) mass is 201 g/mol. The van der Waals surface area contributed by atoms with Crippen LogP contribution in [-0.4, -0.2) is 16.1 Å². The quantitative estimate of drug-likeness (QED) is 0.784. The summed E-state index contributed by atoms with van der Waals surface area (Å²) in [7, 11) is 0. The number of hydrogen-bond acceptors (Lipinski definition) is 1. The van der Waals surface area contributed by atoms with Crippen LogP contribution in [0.25, 0.3) is 11.3 Å². The van der Waals surface area contributed by atoms with Gasteiger partial charge < -0.3 is 10.1 Å². The van der Waals surface area contributed by atoms with Gasteiger partial charge in [0.25, 0.3) is 0 Å². The number of aromatic carboxylic acids is 1. The number of H-pyrrole nitrogens is 1. The summed E-state index contributed by atoms with van der Waals surface area (Å²) in [6.45, 7) is 1.78. The second-order valence-corrected chi connectivity index (χ2v) is 3.39. The maximum Gasteiger partial charge on any atom is 0.338 e. The van der Waals surface area contributed by atoms with Crippen molar-refractivity contribution in [3.63, 3.8) is 0 Å². The summed E-state index contributed by atoms with van der Waals surface area (Å²) in [5, 5.41) is 9.08. The number of carboxylic acids is 1. The fourth-order valence-electron chi connectivity index (χ4n) is 1.63.